The predicted octanol–water partition coefficient (Wildman–Crippen LogP) is 3.28. The van der Waals surface area contributed by atoms with E-state index >= 15 is 0 Å². The molecule has 106 valence electrons. The molecule has 3 N–H and O–H groups in total. The first kappa shape index (κ1) is 16.2. The molecule has 0 aliphatic rings. The van der Waals surface area contributed by atoms with Gasteiger partial charge in [-0.25, -0.2) is 0 Å². The molecule has 1 aromatic heterocycles. The average Bonchev–Trinajstić information content (AvgIpc) is 2.27. The van der Waals surface area contributed by atoms with Crippen molar-refractivity contribution >= 4 is 34.7 Å². The van der Waals surface area contributed by atoms with Gasteiger partial charge < -0.3 is 11.1 Å². The van der Waals surface area contributed by atoms with Gasteiger partial charge in [0.1, 0.15) is 4.99 Å². The van der Waals surface area contributed by atoms with Crippen LogP contribution in [-0.4, -0.2) is 27.5 Å². The molecule has 0 amide bonds. The molecule has 0 spiro atoms. The molecule has 19 heavy (non-hydrogen) atoms. The first-order valence-electron chi connectivity index (χ1n) is 6.58. The highest BCUT2D eigenvalue weighted by Crippen LogP contribution is 2.21. The lowest BCUT2D eigenvalue weighted by Gasteiger charge is -2.19. The minimum absolute atomic E-state index is 0.397. The zero-order valence-corrected chi connectivity index (χ0v) is 13.8. The van der Waals surface area contributed by atoms with E-state index in [-0.39, 0.29) is 0 Å². The number of rotatable bonds is 7. The van der Waals surface area contributed by atoms with Gasteiger partial charge in [-0.3, -0.25) is 4.98 Å². The Kier molecular flexibility index (Phi) is 6.58. The Morgan fingerprint density at radius 1 is 1.53 bits per heavy atom. The van der Waals surface area contributed by atoms with E-state index in [4.69, 9.17) is 18.0 Å². The van der Waals surface area contributed by atoms with Crippen molar-refractivity contribution in [2.75, 3.05) is 16.8 Å². The summed E-state index contributed by atoms with van der Waals surface area (Å²) in [4.78, 5) is 4.83. The van der Waals surface area contributed by atoms with Gasteiger partial charge in [-0.2, -0.15) is 11.8 Å². The van der Waals surface area contributed by atoms with Crippen LogP contribution in [0.15, 0.2) is 6.07 Å². The third-order valence-corrected chi connectivity index (χ3v) is 4.01. The summed E-state index contributed by atoms with van der Waals surface area (Å²) in [6.07, 6.45) is 1.12. The van der Waals surface area contributed by atoms with Crippen LogP contribution in [0, 0.1) is 13.8 Å². The van der Waals surface area contributed by atoms with Gasteiger partial charge in [0, 0.05) is 23.1 Å². The lowest BCUT2D eigenvalue weighted by Crippen LogP contribution is -2.21. The highest BCUT2D eigenvalue weighted by atomic mass is 32.2. The van der Waals surface area contributed by atoms with Crippen LogP contribution in [0.1, 0.15) is 37.2 Å². The molecule has 0 fully saturated rings. The average molecular weight is 297 g/mol. The quantitative estimate of drug-likeness (QED) is 0.597. The number of hydrogen-bond donors (Lipinski definition) is 2. The Bertz CT molecular complexity index is 447. The summed E-state index contributed by atoms with van der Waals surface area (Å²) >= 11 is 7.09. The summed E-state index contributed by atoms with van der Waals surface area (Å²) in [5.41, 5.74) is 9.56. The molecule has 1 aromatic rings. The van der Waals surface area contributed by atoms with Gasteiger partial charge in [-0.05, 0) is 44.8 Å². The van der Waals surface area contributed by atoms with E-state index in [0.29, 0.717) is 11.0 Å². The molecule has 0 radical (unpaired) electrons. The van der Waals surface area contributed by atoms with Crippen molar-refractivity contribution in [2.24, 2.45) is 5.73 Å². The molecular formula is C14H23N3S2. The molecule has 0 bridgehead atoms. The van der Waals surface area contributed by atoms with Crippen molar-refractivity contribution < 1.29 is 0 Å². The van der Waals surface area contributed by atoms with Crippen LogP contribution in [-0.2, 0) is 0 Å². The Morgan fingerprint density at radius 3 is 2.79 bits per heavy atom. The maximum absolute atomic E-state index is 5.81. The molecule has 1 atom stereocenters. The number of thioether (sulfide) groups is 1. The smallest absolute Gasteiger partial charge is 0.107 e. The second-order valence-corrected chi connectivity index (χ2v) is 6.50. The summed E-state index contributed by atoms with van der Waals surface area (Å²) in [5, 5.41) is 3.51. The minimum Gasteiger partial charge on any atom is -0.389 e. The molecule has 1 rings (SSSR count). The fraction of sp³-hybridized carbons (Fsp3) is 0.571. The molecule has 1 unspecified atom stereocenters. The molecule has 0 saturated heterocycles. The van der Waals surface area contributed by atoms with Crippen molar-refractivity contribution in [3.8, 4) is 0 Å². The van der Waals surface area contributed by atoms with Crippen molar-refractivity contribution in [1.29, 1.82) is 0 Å². The van der Waals surface area contributed by atoms with Crippen molar-refractivity contribution in [3.63, 3.8) is 0 Å². The zero-order chi connectivity index (χ0) is 14.4. The predicted molar refractivity (Wildman–Crippen MR) is 90.3 cm³/mol. The second kappa shape index (κ2) is 7.70. The zero-order valence-electron chi connectivity index (χ0n) is 12.1. The van der Waals surface area contributed by atoms with Crippen molar-refractivity contribution in [1.82, 2.24) is 4.98 Å². The van der Waals surface area contributed by atoms with E-state index in [9.17, 15) is 0 Å². The molecule has 5 heteroatoms. The number of aromatic nitrogens is 1. The lowest BCUT2D eigenvalue weighted by atomic mass is 10.1. The number of hydrogen-bond acceptors (Lipinski definition) is 4. The minimum atomic E-state index is 0.397. The number of nitrogens with two attached hydrogens (primary N) is 1. The van der Waals surface area contributed by atoms with Gasteiger partial charge in [-0.15, -0.1) is 0 Å². The van der Waals surface area contributed by atoms with Gasteiger partial charge in [-0.1, -0.05) is 19.1 Å². The molecule has 0 aliphatic carbocycles. The first-order valence-corrected chi connectivity index (χ1v) is 8.14. The Morgan fingerprint density at radius 2 is 2.21 bits per heavy atom. The van der Waals surface area contributed by atoms with Crippen LogP contribution >= 0.6 is 24.0 Å². The molecule has 3 nitrogen and oxygen atoms in total. The van der Waals surface area contributed by atoms with Gasteiger partial charge in [0.05, 0.1) is 5.56 Å². The number of pyridine rings is 1. The number of nitrogens with one attached hydrogen (secondary N) is 1. The van der Waals surface area contributed by atoms with Crippen LogP contribution in [0.2, 0.25) is 0 Å². The summed E-state index contributed by atoms with van der Waals surface area (Å²) in [6.45, 7) is 8.30. The van der Waals surface area contributed by atoms with Crippen LogP contribution in [0.4, 0.5) is 5.69 Å². The molecular weight excluding hydrogens is 274 g/mol. The van der Waals surface area contributed by atoms with E-state index in [1.165, 1.54) is 5.75 Å². The first-order chi connectivity index (χ1) is 8.95. The third kappa shape index (κ3) is 4.99. The number of nitrogens with zero attached hydrogens (tertiary/aromatic N) is 1. The van der Waals surface area contributed by atoms with Gasteiger partial charge >= 0.3 is 0 Å². The Balaban J connectivity index is 2.84. The summed E-state index contributed by atoms with van der Waals surface area (Å²) < 4.78 is 0. The summed E-state index contributed by atoms with van der Waals surface area (Å²) in [5.74, 6) is 2.33. The van der Waals surface area contributed by atoms with Gasteiger partial charge in [0.15, 0.2) is 0 Å². The maximum Gasteiger partial charge on any atom is 0.107 e. The van der Waals surface area contributed by atoms with Crippen LogP contribution in [0.3, 0.4) is 0 Å². The summed E-state index contributed by atoms with van der Waals surface area (Å²) in [7, 11) is 0. The van der Waals surface area contributed by atoms with E-state index in [2.05, 4.69) is 24.1 Å². The number of aryl methyl sites for hydroxylation is 2. The van der Waals surface area contributed by atoms with E-state index in [0.717, 1.165) is 34.8 Å². The SMILES string of the molecule is CCSCCC(C)Nc1cc(C)nc(C)c1C(N)=S. The van der Waals surface area contributed by atoms with E-state index in [1.807, 2.05) is 31.7 Å². The van der Waals surface area contributed by atoms with Gasteiger partial charge in [0.2, 0.25) is 0 Å². The standard InChI is InChI=1S/C14H23N3S2/c1-5-19-7-6-9(2)17-12-8-10(3)16-11(4)13(12)14(15)18/h8-9H,5-7H2,1-4H3,(H2,15,18)(H,16,17). The van der Waals surface area contributed by atoms with Crippen LogP contribution in [0.5, 0.6) is 0 Å². The fourth-order valence-electron chi connectivity index (χ4n) is 2.00. The largest absolute Gasteiger partial charge is 0.389 e. The van der Waals surface area contributed by atoms with E-state index in [1.54, 1.807) is 0 Å². The van der Waals surface area contributed by atoms with Crippen LogP contribution in [0.25, 0.3) is 0 Å². The Hall–Kier alpha value is -0.810. The van der Waals surface area contributed by atoms with Gasteiger partial charge in [0.25, 0.3) is 0 Å². The highest BCUT2D eigenvalue weighted by Gasteiger charge is 2.13. The number of thiocarbonyl (C=S) groups is 1. The molecule has 0 aliphatic heterocycles. The maximum atomic E-state index is 5.81. The topological polar surface area (TPSA) is 50.9 Å². The highest BCUT2D eigenvalue weighted by molar-refractivity contribution is 7.99. The van der Waals surface area contributed by atoms with Crippen LogP contribution < -0.4 is 11.1 Å². The third-order valence-electron chi connectivity index (χ3n) is 2.88. The van der Waals surface area contributed by atoms with Crippen molar-refractivity contribution in [3.05, 3.63) is 23.0 Å². The lowest BCUT2D eigenvalue weighted by molar-refractivity contribution is 0.770. The Labute approximate surface area is 125 Å². The summed E-state index contributed by atoms with van der Waals surface area (Å²) in [6, 6.07) is 2.42. The normalized spacial score (nSPS) is 12.2. The van der Waals surface area contributed by atoms with Crippen molar-refractivity contribution in [2.45, 2.75) is 40.2 Å². The fourth-order valence-corrected chi connectivity index (χ4v) is 3.06. The number of anilines is 1. The molecule has 0 saturated carbocycles. The second-order valence-electron chi connectivity index (χ2n) is 4.67. The van der Waals surface area contributed by atoms with E-state index < -0.39 is 0 Å². The molecule has 0 aromatic carbocycles. The molecule has 1 heterocycles. The monoisotopic (exact) mass is 297 g/mol.